The van der Waals surface area contributed by atoms with Gasteiger partial charge in [-0.15, -0.1) is 0 Å². The molecular formula is C16H15NO3S2. The van der Waals surface area contributed by atoms with Gasteiger partial charge in [-0.05, 0) is 18.2 Å². The van der Waals surface area contributed by atoms with E-state index >= 15 is 0 Å². The fourth-order valence-corrected chi connectivity index (χ4v) is 5.44. The second-order valence-electron chi connectivity index (χ2n) is 5.42. The molecule has 0 aliphatic carbocycles. The number of ether oxygens (including phenoxy) is 1. The zero-order valence-corrected chi connectivity index (χ0v) is 13.4. The highest BCUT2D eigenvalue weighted by molar-refractivity contribution is 8.08. The number of fused-ring (bicyclic) bond motifs is 2. The second kappa shape index (κ2) is 5.21. The summed E-state index contributed by atoms with van der Waals surface area (Å²) >= 11 is 1.69. The maximum absolute atomic E-state index is 12.8. The molecule has 0 saturated carbocycles. The SMILES string of the molecule is O=S(=O)(CC1CS1)N1Cc2ccccc2Oc2ccccc21. The molecule has 22 heavy (non-hydrogen) atoms. The summed E-state index contributed by atoms with van der Waals surface area (Å²) in [4.78, 5) is 0. The molecule has 2 aromatic carbocycles. The van der Waals surface area contributed by atoms with E-state index in [0.29, 0.717) is 23.7 Å². The number of para-hydroxylation sites is 3. The smallest absolute Gasteiger partial charge is 0.236 e. The predicted molar refractivity (Wildman–Crippen MR) is 89.2 cm³/mol. The number of benzene rings is 2. The number of anilines is 1. The largest absolute Gasteiger partial charge is 0.455 e. The van der Waals surface area contributed by atoms with Gasteiger partial charge in [-0.1, -0.05) is 30.3 Å². The number of nitrogens with zero attached hydrogens (tertiary/aromatic N) is 1. The van der Waals surface area contributed by atoms with Crippen molar-refractivity contribution < 1.29 is 13.2 Å². The van der Waals surface area contributed by atoms with E-state index < -0.39 is 10.0 Å². The summed E-state index contributed by atoms with van der Waals surface area (Å²) in [6.45, 7) is 0.312. The van der Waals surface area contributed by atoms with Gasteiger partial charge in [0.15, 0.2) is 5.75 Å². The third-order valence-corrected chi connectivity index (χ3v) is 6.78. The summed E-state index contributed by atoms with van der Waals surface area (Å²) in [5.41, 5.74) is 1.50. The minimum Gasteiger partial charge on any atom is -0.455 e. The summed E-state index contributed by atoms with van der Waals surface area (Å²) in [5, 5.41) is 0.233. The summed E-state index contributed by atoms with van der Waals surface area (Å²) in [5.74, 6) is 2.42. The maximum atomic E-state index is 12.8. The van der Waals surface area contributed by atoms with E-state index in [4.69, 9.17) is 4.74 Å². The minimum absolute atomic E-state index is 0.189. The van der Waals surface area contributed by atoms with Crippen LogP contribution in [-0.2, 0) is 16.6 Å². The average Bonchev–Trinajstić information content (AvgIpc) is 3.31. The van der Waals surface area contributed by atoms with Crippen molar-refractivity contribution >= 4 is 27.5 Å². The summed E-state index contributed by atoms with van der Waals surface area (Å²) in [6, 6.07) is 14.9. The molecule has 4 rings (SSSR count). The Morgan fingerprint density at radius 3 is 2.55 bits per heavy atom. The van der Waals surface area contributed by atoms with E-state index in [2.05, 4.69) is 0 Å². The first-order valence-corrected chi connectivity index (χ1v) is 9.76. The Morgan fingerprint density at radius 1 is 1.09 bits per heavy atom. The van der Waals surface area contributed by atoms with Crippen LogP contribution in [0.2, 0.25) is 0 Å². The van der Waals surface area contributed by atoms with E-state index in [0.717, 1.165) is 11.3 Å². The van der Waals surface area contributed by atoms with Crippen LogP contribution in [-0.4, -0.2) is 25.2 Å². The fraction of sp³-hybridized carbons (Fsp3) is 0.250. The zero-order valence-electron chi connectivity index (χ0n) is 11.8. The molecule has 0 bridgehead atoms. The van der Waals surface area contributed by atoms with Crippen LogP contribution in [0.15, 0.2) is 48.5 Å². The first-order chi connectivity index (χ1) is 10.6. The van der Waals surface area contributed by atoms with Crippen molar-refractivity contribution in [1.82, 2.24) is 0 Å². The normalized spacial score (nSPS) is 19.6. The highest BCUT2D eigenvalue weighted by Gasteiger charge is 2.35. The Bertz CT molecular complexity index is 816. The lowest BCUT2D eigenvalue weighted by Crippen LogP contribution is -2.33. The molecule has 0 spiro atoms. The summed E-state index contributed by atoms with van der Waals surface area (Å²) in [7, 11) is -3.37. The van der Waals surface area contributed by atoms with Crippen LogP contribution in [0, 0.1) is 0 Å². The van der Waals surface area contributed by atoms with Crippen LogP contribution in [0.3, 0.4) is 0 Å². The number of rotatable bonds is 3. The van der Waals surface area contributed by atoms with Crippen LogP contribution in [0.25, 0.3) is 0 Å². The van der Waals surface area contributed by atoms with E-state index in [1.165, 1.54) is 4.31 Å². The number of hydrogen-bond donors (Lipinski definition) is 0. The Balaban J connectivity index is 1.82. The Morgan fingerprint density at radius 2 is 1.77 bits per heavy atom. The molecule has 6 heteroatoms. The van der Waals surface area contributed by atoms with Gasteiger partial charge in [-0.2, -0.15) is 11.8 Å². The highest BCUT2D eigenvalue weighted by atomic mass is 32.2. The van der Waals surface area contributed by atoms with Gasteiger partial charge in [0.1, 0.15) is 5.75 Å². The van der Waals surface area contributed by atoms with Crippen molar-refractivity contribution in [2.45, 2.75) is 11.8 Å². The van der Waals surface area contributed by atoms with Crippen molar-refractivity contribution in [3.05, 3.63) is 54.1 Å². The molecule has 2 heterocycles. The second-order valence-corrected chi connectivity index (χ2v) is 8.69. The topological polar surface area (TPSA) is 46.6 Å². The molecule has 4 nitrogen and oxygen atoms in total. The lowest BCUT2D eigenvalue weighted by Gasteiger charge is -2.23. The average molecular weight is 333 g/mol. The minimum atomic E-state index is -3.37. The van der Waals surface area contributed by atoms with Crippen LogP contribution < -0.4 is 9.04 Å². The molecule has 0 amide bonds. The third kappa shape index (κ3) is 2.57. The van der Waals surface area contributed by atoms with Gasteiger partial charge < -0.3 is 4.74 Å². The molecule has 0 radical (unpaired) electrons. The number of sulfonamides is 1. The number of hydrogen-bond acceptors (Lipinski definition) is 4. The monoisotopic (exact) mass is 333 g/mol. The molecule has 1 fully saturated rings. The molecule has 2 aliphatic rings. The highest BCUT2D eigenvalue weighted by Crippen LogP contribution is 2.41. The van der Waals surface area contributed by atoms with Gasteiger partial charge >= 0.3 is 0 Å². The maximum Gasteiger partial charge on any atom is 0.236 e. The molecule has 114 valence electrons. The van der Waals surface area contributed by atoms with Crippen molar-refractivity contribution in [1.29, 1.82) is 0 Å². The van der Waals surface area contributed by atoms with E-state index in [1.807, 2.05) is 42.5 Å². The zero-order chi connectivity index (χ0) is 15.2. The first kappa shape index (κ1) is 14.0. The Labute approximate surface area is 134 Å². The van der Waals surface area contributed by atoms with E-state index in [1.54, 1.807) is 17.8 Å². The van der Waals surface area contributed by atoms with Crippen LogP contribution in [0.5, 0.6) is 11.5 Å². The van der Waals surface area contributed by atoms with Crippen molar-refractivity contribution in [3.63, 3.8) is 0 Å². The fourth-order valence-electron chi connectivity index (χ4n) is 2.58. The lowest BCUT2D eigenvalue weighted by atomic mass is 10.2. The van der Waals surface area contributed by atoms with Crippen molar-refractivity contribution in [2.75, 3.05) is 15.8 Å². The molecule has 1 saturated heterocycles. The van der Waals surface area contributed by atoms with Gasteiger partial charge in [-0.25, -0.2) is 8.42 Å². The van der Waals surface area contributed by atoms with Crippen LogP contribution in [0.1, 0.15) is 5.56 Å². The molecular weight excluding hydrogens is 318 g/mol. The van der Waals surface area contributed by atoms with E-state index in [-0.39, 0.29) is 11.0 Å². The third-order valence-electron chi connectivity index (χ3n) is 3.78. The standard InChI is InChI=1S/C16H15NO3S2/c18-22(19,11-13-10-21-13)17-9-12-5-1-3-7-15(12)20-16-8-4-2-6-14(16)17/h1-8,13H,9-11H2. The molecule has 2 aliphatic heterocycles. The predicted octanol–water partition coefficient (Wildman–Crippen LogP) is 3.24. The Kier molecular flexibility index (Phi) is 3.31. The lowest BCUT2D eigenvalue weighted by molar-refractivity contribution is 0.484. The molecule has 0 N–H and O–H groups in total. The van der Waals surface area contributed by atoms with Gasteiger partial charge in [0.2, 0.25) is 10.0 Å². The van der Waals surface area contributed by atoms with Gasteiger partial charge in [-0.3, -0.25) is 4.31 Å². The molecule has 2 aromatic rings. The quantitative estimate of drug-likeness (QED) is 0.809. The first-order valence-electron chi connectivity index (χ1n) is 7.10. The van der Waals surface area contributed by atoms with Gasteiger partial charge in [0.25, 0.3) is 0 Å². The molecule has 0 aromatic heterocycles. The van der Waals surface area contributed by atoms with Crippen molar-refractivity contribution in [2.24, 2.45) is 0 Å². The van der Waals surface area contributed by atoms with E-state index in [9.17, 15) is 8.42 Å². The molecule has 1 atom stereocenters. The summed E-state index contributed by atoms with van der Waals surface area (Å²) < 4.78 is 33.1. The van der Waals surface area contributed by atoms with Crippen molar-refractivity contribution in [3.8, 4) is 11.5 Å². The number of thioether (sulfide) groups is 1. The molecule has 1 unspecified atom stereocenters. The van der Waals surface area contributed by atoms with Crippen LogP contribution in [0.4, 0.5) is 5.69 Å². The van der Waals surface area contributed by atoms with Crippen LogP contribution >= 0.6 is 11.8 Å². The Hall–Kier alpha value is -1.66. The van der Waals surface area contributed by atoms with Gasteiger partial charge in [0, 0.05) is 16.6 Å². The summed E-state index contributed by atoms with van der Waals surface area (Å²) in [6.07, 6.45) is 0. The van der Waals surface area contributed by atoms with Gasteiger partial charge in [0.05, 0.1) is 18.0 Å².